The summed E-state index contributed by atoms with van der Waals surface area (Å²) >= 11 is 0. The molecule has 0 aliphatic rings. The minimum atomic E-state index is -0.568. The van der Waals surface area contributed by atoms with Crippen LogP contribution in [0.1, 0.15) is 31.1 Å². The monoisotopic (exact) mass is 352 g/mol. The summed E-state index contributed by atoms with van der Waals surface area (Å²) in [5.41, 5.74) is 7.73. The third kappa shape index (κ3) is 3.61. The number of nitrogens with zero attached hydrogens (tertiary/aromatic N) is 3. The predicted octanol–water partition coefficient (Wildman–Crippen LogP) is 3.36. The fourth-order valence-corrected chi connectivity index (χ4v) is 2.77. The van der Waals surface area contributed by atoms with Crippen molar-refractivity contribution < 1.29 is 4.79 Å². The Bertz CT molecular complexity index is 931. The third-order valence-corrected chi connectivity index (χ3v) is 4.13. The van der Waals surface area contributed by atoms with Gasteiger partial charge in [0.15, 0.2) is 0 Å². The molecular weight excluding hydrogens is 328 g/mol. The van der Waals surface area contributed by atoms with Crippen molar-refractivity contribution in [2.45, 2.75) is 27.3 Å². The molecular formula is C19H24N6O. The first kappa shape index (κ1) is 17.7. The van der Waals surface area contributed by atoms with E-state index in [1.165, 1.54) is 6.20 Å². The SMILES string of the molecule is CCn1ccc2c(Nc3nc(NCC(C)C)ncc3C(N)=O)cccc21. The van der Waals surface area contributed by atoms with Gasteiger partial charge in [-0.3, -0.25) is 4.79 Å². The molecule has 0 fully saturated rings. The number of rotatable bonds is 7. The fraction of sp³-hybridized carbons (Fsp3) is 0.316. The number of carbonyl (C=O) groups is 1. The number of anilines is 3. The summed E-state index contributed by atoms with van der Waals surface area (Å²) in [6, 6.07) is 8.04. The quantitative estimate of drug-likeness (QED) is 0.606. The van der Waals surface area contributed by atoms with Crippen molar-refractivity contribution in [3.63, 3.8) is 0 Å². The summed E-state index contributed by atoms with van der Waals surface area (Å²) in [6.45, 7) is 7.93. The highest BCUT2D eigenvalue weighted by atomic mass is 16.1. The van der Waals surface area contributed by atoms with Crippen LogP contribution in [0.5, 0.6) is 0 Å². The van der Waals surface area contributed by atoms with Crippen LogP contribution in [0.25, 0.3) is 10.9 Å². The van der Waals surface area contributed by atoms with Crippen molar-refractivity contribution in [1.29, 1.82) is 0 Å². The Morgan fingerprint density at radius 2 is 2.12 bits per heavy atom. The molecule has 1 aromatic carbocycles. The number of nitrogens with one attached hydrogen (secondary N) is 2. The number of fused-ring (bicyclic) bond motifs is 1. The third-order valence-electron chi connectivity index (χ3n) is 4.13. The van der Waals surface area contributed by atoms with Gasteiger partial charge in [0.2, 0.25) is 5.95 Å². The summed E-state index contributed by atoms with van der Waals surface area (Å²) in [7, 11) is 0. The number of benzene rings is 1. The van der Waals surface area contributed by atoms with Crippen molar-refractivity contribution in [3.8, 4) is 0 Å². The van der Waals surface area contributed by atoms with Crippen LogP contribution >= 0.6 is 0 Å². The second-order valence-electron chi connectivity index (χ2n) is 6.56. The van der Waals surface area contributed by atoms with Crippen LogP contribution in [0, 0.1) is 5.92 Å². The van der Waals surface area contributed by atoms with Gasteiger partial charge in [0.1, 0.15) is 11.4 Å². The second kappa shape index (κ2) is 7.43. The molecule has 1 amide bonds. The molecule has 2 heterocycles. The lowest BCUT2D eigenvalue weighted by Crippen LogP contribution is -2.17. The first-order valence-electron chi connectivity index (χ1n) is 8.75. The van der Waals surface area contributed by atoms with Crippen LogP contribution in [-0.4, -0.2) is 27.0 Å². The lowest BCUT2D eigenvalue weighted by atomic mass is 10.2. The van der Waals surface area contributed by atoms with Crippen LogP contribution < -0.4 is 16.4 Å². The van der Waals surface area contributed by atoms with Gasteiger partial charge in [-0.15, -0.1) is 0 Å². The van der Waals surface area contributed by atoms with E-state index in [2.05, 4.69) is 52.0 Å². The topological polar surface area (TPSA) is 97.9 Å². The van der Waals surface area contributed by atoms with Gasteiger partial charge < -0.3 is 20.9 Å². The molecule has 7 heteroatoms. The molecule has 0 aliphatic carbocycles. The molecule has 0 atom stereocenters. The Kier molecular flexibility index (Phi) is 5.06. The average molecular weight is 352 g/mol. The van der Waals surface area contributed by atoms with E-state index in [1.807, 2.05) is 24.4 Å². The largest absolute Gasteiger partial charge is 0.365 e. The van der Waals surface area contributed by atoms with Gasteiger partial charge in [-0.25, -0.2) is 4.98 Å². The van der Waals surface area contributed by atoms with Crippen LogP contribution in [0.3, 0.4) is 0 Å². The lowest BCUT2D eigenvalue weighted by Gasteiger charge is -2.13. The molecule has 0 saturated heterocycles. The van der Waals surface area contributed by atoms with Crippen LogP contribution in [0.4, 0.5) is 17.5 Å². The minimum Gasteiger partial charge on any atom is -0.365 e. The number of primary amides is 1. The zero-order valence-corrected chi connectivity index (χ0v) is 15.3. The normalized spacial score (nSPS) is 11.1. The lowest BCUT2D eigenvalue weighted by molar-refractivity contribution is 0.100. The van der Waals surface area contributed by atoms with Gasteiger partial charge in [-0.05, 0) is 31.0 Å². The van der Waals surface area contributed by atoms with Gasteiger partial charge in [0, 0.05) is 36.6 Å². The van der Waals surface area contributed by atoms with E-state index in [4.69, 9.17) is 5.73 Å². The van der Waals surface area contributed by atoms with Gasteiger partial charge in [-0.1, -0.05) is 19.9 Å². The van der Waals surface area contributed by atoms with E-state index in [0.717, 1.165) is 29.7 Å². The number of aromatic nitrogens is 3. The van der Waals surface area contributed by atoms with Crippen LogP contribution in [0.2, 0.25) is 0 Å². The first-order valence-corrected chi connectivity index (χ1v) is 8.75. The predicted molar refractivity (Wildman–Crippen MR) is 105 cm³/mol. The highest BCUT2D eigenvalue weighted by Crippen LogP contribution is 2.28. The van der Waals surface area contributed by atoms with E-state index in [-0.39, 0.29) is 5.56 Å². The zero-order chi connectivity index (χ0) is 18.7. The average Bonchev–Trinajstić information content (AvgIpc) is 3.04. The Balaban J connectivity index is 1.99. The number of hydrogen-bond donors (Lipinski definition) is 3. The molecule has 0 saturated carbocycles. The van der Waals surface area contributed by atoms with E-state index in [1.54, 1.807) is 0 Å². The first-order chi connectivity index (χ1) is 12.5. The number of carbonyl (C=O) groups excluding carboxylic acids is 1. The summed E-state index contributed by atoms with van der Waals surface area (Å²) in [5, 5.41) is 7.48. The molecule has 4 N–H and O–H groups in total. The molecule has 0 aliphatic heterocycles. The smallest absolute Gasteiger partial charge is 0.254 e. The summed E-state index contributed by atoms with van der Waals surface area (Å²) < 4.78 is 2.16. The highest BCUT2D eigenvalue weighted by Gasteiger charge is 2.14. The van der Waals surface area contributed by atoms with Crippen molar-refractivity contribution in [3.05, 3.63) is 42.2 Å². The van der Waals surface area contributed by atoms with E-state index in [9.17, 15) is 4.79 Å². The van der Waals surface area contributed by atoms with E-state index < -0.39 is 5.91 Å². The number of nitrogens with two attached hydrogens (primary N) is 1. The molecule has 7 nitrogen and oxygen atoms in total. The minimum absolute atomic E-state index is 0.257. The highest BCUT2D eigenvalue weighted by molar-refractivity contribution is 6.00. The van der Waals surface area contributed by atoms with E-state index >= 15 is 0 Å². The Hall–Kier alpha value is -3.09. The van der Waals surface area contributed by atoms with Crippen molar-refractivity contribution in [1.82, 2.24) is 14.5 Å². The van der Waals surface area contributed by atoms with Gasteiger partial charge >= 0.3 is 0 Å². The maximum atomic E-state index is 11.8. The van der Waals surface area contributed by atoms with Crippen LogP contribution in [-0.2, 0) is 6.54 Å². The molecule has 0 unspecified atom stereocenters. The standard InChI is InChI=1S/C19H24N6O/c1-4-25-9-8-13-15(6-5-7-16(13)25)23-18-14(17(20)26)11-22-19(24-18)21-10-12(2)3/h5-9,11-12H,4,10H2,1-3H3,(H2,20,26)(H2,21,22,23,24). The zero-order valence-electron chi connectivity index (χ0n) is 15.3. The van der Waals surface area contributed by atoms with Crippen LogP contribution in [0.15, 0.2) is 36.7 Å². The summed E-state index contributed by atoms with van der Waals surface area (Å²) in [4.78, 5) is 20.4. The van der Waals surface area contributed by atoms with E-state index in [0.29, 0.717) is 17.7 Å². The number of amides is 1. The summed E-state index contributed by atoms with van der Waals surface area (Å²) in [5.74, 6) is 0.745. The molecule has 2 aromatic heterocycles. The number of aryl methyl sites for hydroxylation is 1. The Labute approximate surface area is 152 Å². The fourth-order valence-electron chi connectivity index (χ4n) is 2.77. The molecule has 0 spiro atoms. The van der Waals surface area contributed by atoms with Gasteiger partial charge in [-0.2, -0.15) is 4.98 Å². The molecule has 0 bridgehead atoms. The molecule has 0 radical (unpaired) electrons. The van der Waals surface area contributed by atoms with Crippen molar-refractivity contribution in [2.75, 3.05) is 17.2 Å². The maximum Gasteiger partial charge on any atom is 0.254 e. The maximum absolute atomic E-state index is 11.8. The van der Waals surface area contributed by atoms with Crippen molar-refractivity contribution in [2.24, 2.45) is 11.7 Å². The Morgan fingerprint density at radius 1 is 1.31 bits per heavy atom. The Morgan fingerprint density at radius 3 is 2.81 bits per heavy atom. The second-order valence-corrected chi connectivity index (χ2v) is 6.56. The molecule has 3 rings (SSSR count). The van der Waals surface area contributed by atoms with Gasteiger partial charge in [0.25, 0.3) is 5.91 Å². The van der Waals surface area contributed by atoms with Gasteiger partial charge in [0.05, 0.1) is 5.52 Å². The molecule has 3 aromatic rings. The van der Waals surface area contributed by atoms with Crippen molar-refractivity contribution >= 4 is 34.3 Å². The number of hydrogen-bond acceptors (Lipinski definition) is 5. The molecule has 136 valence electrons. The summed E-state index contributed by atoms with van der Waals surface area (Å²) in [6.07, 6.45) is 3.50. The molecule has 26 heavy (non-hydrogen) atoms.